The Kier molecular flexibility index (Phi) is 5.80. The van der Waals surface area contributed by atoms with Crippen LogP contribution in [0.3, 0.4) is 0 Å². The number of oxazole rings is 1. The van der Waals surface area contributed by atoms with Crippen molar-refractivity contribution in [3.8, 4) is 56.1 Å². The van der Waals surface area contributed by atoms with E-state index in [1.165, 1.54) is 11.5 Å². The van der Waals surface area contributed by atoms with Gasteiger partial charge < -0.3 is 18.3 Å². The second kappa shape index (κ2) is 10.5. The third-order valence-corrected chi connectivity index (χ3v) is 10.8. The maximum atomic E-state index is 6.84. The van der Waals surface area contributed by atoms with Crippen molar-refractivity contribution >= 4 is 76.3 Å². The van der Waals surface area contributed by atoms with Gasteiger partial charge in [0.2, 0.25) is 0 Å². The third kappa shape index (κ3) is 4.01. The molecule has 0 bridgehead atoms. The lowest BCUT2D eigenvalue weighted by Gasteiger charge is -2.16. The molecule has 0 saturated carbocycles. The first-order valence-corrected chi connectivity index (χ1v) is 17.4. The molecule has 0 aliphatic rings. The number of thiazole rings is 1. The Morgan fingerprint density at radius 2 is 1.42 bits per heavy atom. The number of aromatic nitrogens is 6. The van der Waals surface area contributed by atoms with E-state index in [4.69, 9.17) is 32.7 Å². The van der Waals surface area contributed by atoms with Gasteiger partial charge in [0.25, 0.3) is 5.89 Å². The molecule has 0 unspecified atom stereocenters. The number of hydrogen-bond donors (Lipinski definition) is 1. The van der Waals surface area contributed by atoms with Gasteiger partial charge in [-0.25, -0.2) is 15.0 Å². The fraction of sp³-hybridized carbons (Fsp3) is 0. The van der Waals surface area contributed by atoms with Crippen LogP contribution < -0.4 is 0 Å². The third-order valence-electron chi connectivity index (χ3n) is 8.94. The minimum absolute atomic E-state index is 0.315. The largest absolute Gasteiger partial charge is 0.464 e. The Morgan fingerprint density at radius 1 is 0.620 bits per heavy atom. The van der Waals surface area contributed by atoms with E-state index in [1.54, 1.807) is 17.6 Å². The Hall–Kier alpha value is -6.43. The van der Waals surface area contributed by atoms with E-state index in [1.807, 2.05) is 91.0 Å². The van der Waals surface area contributed by atoms with Gasteiger partial charge in [-0.2, -0.15) is 4.37 Å². The van der Waals surface area contributed by atoms with Crippen LogP contribution >= 0.6 is 22.9 Å². The summed E-state index contributed by atoms with van der Waals surface area (Å²) in [6, 6.07) is 35.8. The molecule has 0 radical (unpaired) electrons. The lowest BCUT2D eigenvalue weighted by Crippen LogP contribution is -1.97. The summed E-state index contributed by atoms with van der Waals surface area (Å²) in [7, 11) is 0. The van der Waals surface area contributed by atoms with Crippen LogP contribution in [0.4, 0.5) is 0 Å². The maximum absolute atomic E-state index is 6.84. The highest BCUT2D eigenvalue weighted by Gasteiger charge is 2.34. The number of H-pyrrole nitrogens is 1. The molecule has 6 aromatic heterocycles. The number of rotatable bonds is 5. The molecule has 5 aromatic carbocycles. The van der Waals surface area contributed by atoms with Gasteiger partial charge in [0.15, 0.2) is 16.9 Å². The molecule has 11 aromatic rings. The average Bonchev–Trinajstić information content (AvgIpc) is 4.00. The number of furan rings is 1. The van der Waals surface area contributed by atoms with Crippen molar-refractivity contribution in [2.75, 3.05) is 0 Å². The van der Waals surface area contributed by atoms with E-state index in [0.717, 1.165) is 64.1 Å². The van der Waals surface area contributed by atoms with Gasteiger partial charge in [0.1, 0.15) is 22.1 Å². The van der Waals surface area contributed by atoms with Crippen LogP contribution in [0.15, 0.2) is 129 Å². The minimum Gasteiger partial charge on any atom is -0.464 e. The Labute approximate surface area is 289 Å². The molecule has 11 heteroatoms. The van der Waals surface area contributed by atoms with Gasteiger partial charge in [-0.3, -0.25) is 0 Å². The van der Waals surface area contributed by atoms with Crippen LogP contribution in [0.25, 0.3) is 110 Å². The number of aromatic amines is 1. The van der Waals surface area contributed by atoms with E-state index in [-0.39, 0.29) is 0 Å². The van der Waals surface area contributed by atoms with Crippen molar-refractivity contribution in [3.05, 3.63) is 115 Å². The summed E-state index contributed by atoms with van der Waals surface area (Å²) < 4.78 is 25.9. The van der Waals surface area contributed by atoms with Crippen molar-refractivity contribution in [2.24, 2.45) is 0 Å². The number of nitrogens with zero attached hydrogens (tertiary/aromatic N) is 5. The molecule has 9 nitrogen and oxygen atoms in total. The number of fused-ring (bicyclic) bond motifs is 5. The zero-order chi connectivity index (χ0) is 32.8. The van der Waals surface area contributed by atoms with Crippen molar-refractivity contribution in [1.29, 1.82) is 0 Å². The normalized spacial score (nSPS) is 12.0. The summed E-state index contributed by atoms with van der Waals surface area (Å²) in [6.45, 7) is 0. The predicted octanol–water partition coefficient (Wildman–Crippen LogP) is 11.0. The standard InChI is InChI=1S/C39H20N6O3S2/c1-6-15-25-20(10-1)34(44-48-25)38-43-35-32(33-21-11-2-7-17-27(21)50-45-33)31(39-42-24-14-5-8-18-28(24)49-39)30(29(36(35)47-38)26-16-9-19-46-26)37-40-22-12-3-4-13-23(22)41-37/h1-19H,(H,40,41). The lowest BCUT2D eigenvalue weighted by molar-refractivity contribution is 0.455. The van der Waals surface area contributed by atoms with E-state index in [2.05, 4.69) is 28.3 Å². The number of hydrogen-bond acceptors (Lipinski definition) is 10. The van der Waals surface area contributed by atoms with Gasteiger partial charge in [-0.15, -0.1) is 11.3 Å². The first-order valence-electron chi connectivity index (χ1n) is 15.8. The van der Waals surface area contributed by atoms with E-state index < -0.39 is 0 Å². The summed E-state index contributed by atoms with van der Waals surface area (Å²) in [4.78, 5) is 19.2. The molecule has 0 saturated heterocycles. The molecule has 0 aliphatic carbocycles. The molecule has 0 fully saturated rings. The van der Waals surface area contributed by atoms with Gasteiger partial charge in [-0.1, -0.05) is 59.8 Å². The Morgan fingerprint density at radius 3 is 2.28 bits per heavy atom. The van der Waals surface area contributed by atoms with Gasteiger partial charge in [0, 0.05) is 22.1 Å². The van der Waals surface area contributed by atoms with Crippen molar-refractivity contribution < 1.29 is 13.4 Å². The van der Waals surface area contributed by atoms with Crippen molar-refractivity contribution in [3.63, 3.8) is 0 Å². The highest BCUT2D eigenvalue weighted by atomic mass is 32.1. The van der Waals surface area contributed by atoms with Crippen molar-refractivity contribution in [2.45, 2.75) is 0 Å². The van der Waals surface area contributed by atoms with Crippen LogP contribution in [0, 0.1) is 0 Å². The smallest absolute Gasteiger partial charge is 0.250 e. The van der Waals surface area contributed by atoms with Gasteiger partial charge in [0.05, 0.1) is 48.9 Å². The number of nitrogens with one attached hydrogen (secondary N) is 1. The summed E-state index contributed by atoms with van der Waals surface area (Å²) >= 11 is 3.06. The molecule has 50 heavy (non-hydrogen) atoms. The molecule has 0 spiro atoms. The molecule has 11 rings (SSSR count). The number of para-hydroxylation sites is 4. The highest BCUT2D eigenvalue weighted by Crippen LogP contribution is 2.53. The van der Waals surface area contributed by atoms with Crippen LogP contribution in [0.1, 0.15) is 0 Å². The first kappa shape index (κ1) is 27.5. The van der Waals surface area contributed by atoms with Gasteiger partial charge in [-0.05, 0) is 66.1 Å². The predicted molar refractivity (Wildman–Crippen MR) is 197 cm³/mol. The second-order valence-corrected chi connectivity index (χ2v) is 13.7. The molecule has 0 amide bonds. The van der Waals surface area contributed by atoms with Crippen molar-refractivity contribution in [1.82, 2.24) is 29.5 Å². The fourth-order valence-corrected chi connectivity index (χ4v) is 8.54. The molecular formula is C39H20N6O3S2. The van der Waals surface area contributed by atoms with E-state index in [9.17, 15) is 0 Å². The fourth-order valence-electron chi connectivity index (χ4n) is 6.74. The van der Waals surface area contributed by atoms with E-state index >= 15 is 0 Å². The molecule has 0 atom stereocenters. The number of benzene rings is 5. The topological polar surface area (TPSA) is 120 Å². The Bertz CT molecular complexity index is 3010. The zero-order valence-electron chi connectivity index (χ0n) is 25.7. The molecule has 1 N–H and O–H groups in total. The van der Waals surface area contributed by atoms with Gasteiger partial charge >= 0.3 is 0 Å². The molecule has 0 aliphatic heterocycles. The molecule has 236 valence electrons. The highest BCUT2D eigenvalue weighted by molar-refractivity contribution is 7.21. The Balaban J connectivity index is 1.37. The average molecular weight is 685 g/mol. The van der Waals surface area contributed by atoms with Crippen LogP contribution in [0.5, 0.6) is 0 Å². The molecule has 6 heterocycles. The summed E-state index contributed by atoms with van der Waals surface area (Å²) in [5.74, 6) is 1.55. The van der Waals surface area contributed by atoms with Crippen LogP contribution in [-0.4, -0.2) is 29.5 Å². The maximum Gasteiger partial charge on any atom is 0.250 e. The first-order chi connectivity index (χ1) is 24.8. The molecular weight excluding hydrogens is 665 g/mol. The quantitative estimate of drug-likeness (QED) is 0.190. The summed E-state index contributed by atoms with van der Waals surface area (Å²) in [5.41, 5.74) is 8.71. The van der Waals surface area contributed by atoms with Crippen LogP contribution in [0.2, 0.25) is 0 Å². The van der Waals surface area contributed by atoms with E-state index in [0.29, 0.717) is 45.4 Å². The number of imidazole rings is 1. The lowest BCUT2D eigenvalue weighted by atomic mass is 9.90. The monoisotopic (exact) mass is 684 g/mol. The SMILES string of the molecule is c1coc(-c2c(-c3nc4ccccc4[nH]3)c(-c3nc4ccccc4s3)c(-c3nsc4ccccc34)c3nc(-c4noc5ccccc45)oc23)c1. The second-order valence-electron chi connectivity index (χ2n) is 11.8. The van der Waals surface area contributed by atoms with Crippen LogP contribution in [-0.2, 0) is 0 Å². The summed E-state index contributed by atoms with van der Waals surface area (Å²) in [5, 5.41) is 7.00. The summed E-state index contributed by atoms with van der Waals surface area (Å²) in [6.07, 6.45) is 1.66. The minimum atomic E-state index is 0.315. The zero-order valence-corrected chi connectivity index (χ0v) is 27.4.